The van der Waals surface area contributed by atoms with Crippen LogP contribution in [-0.4, -0.2) is 24.1 Å². The second kappa shape index (κ2) is 5.48. The first-order valence-corrected chi connectivity index (χ1v) is 2.47. The third-order valence-electron chi connectivity index (χ3n) is 0.857. The van der Waals surface area contributed by atoms with E-state index < -0.39 is 6.04 Å². The molecule has 0 heterocycles. The van der Waals surface area contributed by atoms with Gasteiger partial charge in [-0.15, -0.1) is 12.4 Å². The molecule has 64 valence electrons. The minimum atomic E-state index is -0.961. The van der Waals surface area contributed by atoms with Crippen LogP contribution in [0.4, 0.5) is 0 Å². The van der Waals surface area contributed by atoms with Gasteiger partial charge in [0.25, 0.3) is 0 Å². The van der Waals surface area contributed by atoms with E-state index in [1.807, 2.05) is 0 Å². The molecule has 0 saturated heterocycles. The van der Waals surface area contributed by atoms with Crippen molar-refractivity contribution in [3.8, 4) is 0 Å². The fraction of sp³-hybridized carbons (Fsp3) is 0.250. The lowest BCUT2D eigenvalue weighted by Crippen LogP contribution is -2.49. The van der Waals surface area contributed by atoms with E-state index in [-0.39, 0.29) is 24.1 Å². The first kappa shape index (κ1) is 12.4. The molecule has 0 spiro atoms. The Kier molecular flexibility index (Phi) is 6.17. The molecule has 0 bridgehead atoms. The number of carbonyl (C=O) groups excluding carboxylic acids is 1. The van der Waals surface area contributed by atoms with Gasteiger partial charge < -0.3 is 16.8 Å². The van der Waals surface area contributed by atoms with Crippen LogP contribution < -0.4 is 16.8 Å². The van der Waals surface area contributed by atoms with Gasteiger partial charge in [-0.05, 0) is 0 Å². The molecule has 0 aliphatic rings. The highest BCUT2D eigenvalue weighted by Crippen LogP contribution is 1.77. The minimum absolute atomic E-state index is 0. The van der Waals surface area contributed by atoms with Crippen LogP contribution >= 0.6 is 12.4 Å². The number of halogens is 1. The van der Waals surface area contributed by atoms with Gasteiger partial charge in [-0.25, -0.2) is 0 Å². The highest BCUT2D eigenvalue weighted by atomic mass is 35.5. The van der Waals surface area contributed by atoms with E-state index in [0.717, 1.165) is 0 Å². The van der Waals surface area contributed by atoms with Crippen molar-refractivity contribution >= 4 is 30.5 Å². The fourth-order valence-corrected chi connectivity index (χ4v) is 0.415. The van der Waals surface area contributed by atoms with Crippen molar-refractivity contribution in [2.45, 2.75) is 6.04 Å². The largest absolute Gasteiger partial charge is 0.386 e. The van der Waals surface area contributed by atoms with Gasteiger partial charge >= 0.3 is 0 Å². The van der Waals surface area contributed by atoms with Gasteiger partial charge in [0.2, 0.25) is 6.41 Å². The third-order valence-corrected chi connectivity index (χ3v) is 0.857. The van der Waals surface area contributed by atoms with E-state index in [2.05, 4.69) is 5.32 Å². The second-order valence-corrected chi connectivity index (χ2v) is 1.63. The summed E-state index contributed by atoms with van der Waals surface area (Å²) in [6, 6.07) is -0.961. The molecule has 0 aromatic rings. The first-order valence-electron chi connectivity index (χ1n) is 2.47. The van der Waals surface area contributed by atoms with Crippen LogP contribution in [0, 0.1) is 10.8 Å². The molecule has 11 heavy (non-hydrogen) atoms. The van der Waals surface area contributed by atoms with E-state index in [4.69, 9.17) is 22.3 Å². The van der Waals surface area contributed by atoms with Crippen molar-refractivity contribution in [1.82, 2.24) is 5.32 Å². The number of rotatable bonds is 4. The maximum absolute atomic E-state index is 9.81. The number of amidine groups is 2. The van der Waals surface area contributed by atoms with Crippen molar-refractivity contribution < 1.29 is 4.79 Å². The van der Waals surface area contributed by atoms with Crippen LogP contribution in [0.3, 0.4) is 0 Å². The van der Waals surface area contributed by atoms with Crippen molar-refractivity contribution in [2.75, 3.05) is 0 Å². The van der Waals surface area contributed by atoms with Crippen molar-refractivity contribution in [3.63, 3.8) is 0 Å². The molecule has 0 atom stereocenters. The van der Waals surface area contributed by atoms with E-state index in [0.29, 0.717) is 6.41 Å². The monoisotopic (exact) mass is 179 g/mol. The van der Waals surface area contributed by atoms with Gasteiger partial charge in [-0.3, -0.25) is 15.6 Å². The average molecular weight is 180 g/mol. The molecule has 0 aliphatic heterocycles. The number of hydrogen-bond donors (Lipinski definition) is 5. The predicted molar refractivity (Wildman–Crippen MR) is 44.1 cm³/mol. The Morgan fingerprint density at radius 2 is 1.73 bits per heavy atom. The Hall–Kier alpha value is -1.30. The Morgan fingerprint density at radius 1 is 1.36 bits per heavy atom. The number of nitrogens with two attached hydrogens (primary N) is 2. The maximum Gasteiger partial charge on any atom is 0.208 e. The lowest BCUT2D eigenvalue weighted by atomic mass is 10.2. The SMILES string of the molecule is Cl.N=C(N)C(NC=O)C(=N)N. The van der Waals surface area contributed by atoms with Gasteiger partial charge in [0.05, 0.1) is 0 Å². The smallest absolute Gasteiger partial charge is 0.208 e. The quantitative estimate of drug-likeness (QED) is 0.202. The molecular weight excluding hydrogens is 170 g/mol. The zero-order chi connectivity index (χ0) is 8.15. The predicted octanol–water partition coefficient (Wildman–Crippen LogP) is -1.61. The van der Waals surface area contributed by atoms with Crippen LogP contribution in [0.5, 0.6) is 0 Å². The molecular formula is C4H10ClN5O. The fourth-order valence-electron chi connectivity index (χ4n) is 0.415. The minimum Gasteiger partial charge on any atom is -0.386 e. The Bertz CT molecular complexity index is 156. The lowest BCUT2D eigenvalue weighted by molar-refractivity contribution is -0.109. The number of nitrogens with one attached hydrogen (secondary N) is 3. The summed E-state index contributed by atoms with van der Waals surface area (Å²) < 4.78 is 0. The van der Waals surface area contributed by atoms with Gasteiger partial charge in [-0.2, -0.15) is 0 Å². The van der Waals surface area contributed by atoms with Crippen LogP contribution in [-0.2, 0) is 4.79 Å². The Morgan fingerprint density at radius 3 is 1.82 bits per heavy atom. The van der Waals surface area contributed by atoms with Crippen molar-refractivity contribution in [3.05, 3.63) is 0 Å². The topological polar surface area (TPSA) is 129 Å². The Labute approximate surface area is 69.7 Å². The zero-order valence-electron chi connectivity index (χ0n) is 5.63. The van der Waals surface area contributed by atoms with Crippen LogP contribution in [0.2, 0.25) is 0 Å². The number of hydrogen-bond acceptors (Lipinski definition) is 3. The molecule has 0 aliphatic carbocycles. The molecule has 7 N–H and O–H groups in total. The summed E-state index contributed by atoms with van der Waals surface area (Å²) >= 11 is 0. The van der Waals surface area contributed by atoms with E-state index in [1.54, 1.807) is 0 Å². The van der Waals surface area contributed by atoms with Gasteiger partial charge in [0.1, 0.15) is 17.7 Å². The van der Waals surface area contributed by atoms with Crippen LogP contribution in [0.1, 0.15) is 0 Å². The molecule has 0 unspecified atom stereocenters. The second-order valence-electron chi connectivity index (χ2n) is 1.63. The molecule has 7 heteroatoms. The summed E-state index contributed by atoms with van der Waals surface area (Å²) in [5.41, 5.74) is 9.93. The number of amides is 1. The Balaban J connectivity index is 0. The van der Waals surface area contributed by atoms with Crippen LogP contribution in [0.15, 0.2) is 0 Å². The lowest BCUT2D eigenvalue weighted by Gasteiger charge is -2.10. The normalized spacial score (nSPS) is 10.5. The van der Waals surface area contributed by atoms with E-state index in [9.17, 15) is 4.79 Å². The van der Waals surface area contributed by atoms with E-state index >= 15 is 0 Å². The third kappa shape index (κ3) is 4.15. The molecule has 1 amide bonds. The maximum atomic E-state index is 9.81. The molecule has 0 rings (SSSR count). The molecule has 0 aromatic heterocycles. The molecule has 0 saturated carbocycles. The van der Waals surface area contributed by atoms with Gasteiger partial charge in [0.15, 0.2) is 0 Å². The van der Waals surface area contributed by atoms with Gasteiger partial charge in [0, 0.05) is 0 Å². The van der Waals surface area contributed by atoms with E-state index in [1.165, 1.54) is 0 Å². The molecule has 0 fully saturated rings. The van der Waals surface area contributed by atoms with Crippen LogP contribution in [0.25, 0.3) is 0 Å². The van der Waals surface area contributed by atoms with Crippen molar-refractivity contribution in [2.24, 2.45) is 11.5 Å². The number of carbonyl (C=O) groups is 1. The first-order chi connectivity index (χ1) is 4.59. The molecule has 0 aromatic carbocycles. The summed E-state index contributed by atoms with van der Waals surface area (Å²) in [5.74, 6) is -0.695. The summed E-state index contributed by atoms with van der Waals surface area (Å²) in [5, 5.41) is 15.7. The average Bonchev–Trinajstić information content (AvgIpc) is 1.81. The standard InChI is InChI=1S/C4H9N5O.ClH/c5-3(6)2(4(7)8)9-1-10;/h1-2H,(H3,5,6)(H3,7,8)(H,9,10);1H. The highest BCUT2D eigenvalue weighted by molar-refractivity contribution is 6.06. The highest BCUT2D eigenvalue weighted by Gasteiger charge is 2.12. The summed E-state index contributed by atoms with van der Waals surface area (Å²) in [7, 11) is 0. The molecule has 0 radical (unpaired) electrons. The zero-order valence-corrected chi connectivity index (χ0v) is 6.44. The van der Waals surface area contributed by atoms with Crippen molar-refractivity contribution in [1.29, 1.82) is 10.8 Å². The summed E-state index contributed by atoms with van der Waals surface area (Å²) in [6.45, 7) is 0. The van der Waals surface area contributed by atoms with Gasteiger partial charge in [-0.1, -0.05) is 0 Å². The summed E-state index contributed by atoms with van der Waals surface area (Å²) in [4.78, 5) is 9.81. The summed E-state index contributed by atoms with van der Waals surface area (Å²) in [6.07, 6.45) is 0.341. The molecule has 6 nitrogen and oxygen atoms in total.